The van der Waals surface area contributed by atoms with Crippen LogP contribution >= 0.6 is 0 Å². The summed E-state index contributed by atoms with van der Waals surface area (Å²) in [7, 11) is 1.47. The van der Waals surface area contributed by atoms with Gasteiger partial charge in [-0.05, 0) is 30.4 Å². The van der Waals surface area contributed by atoms with Crippen LogP contribution in [-0.4, -0.2) is 63.6 Å². The van der Waals surface area contributed by atoms with Crippen molar-refractivity contribution in [1.29, 1.82) is 0 Å². The fourth-order valence-electron chi connectivity index (χ4n) is 3.96. The van der Waals surface area contributed by atoms with E-state index in [0.29, 0.717) is 5.56 Å². The highest BCUT2D eigenvalue weighted by Gasteiger charge is 2.41. The summed E-state index contributed by atoms with van der Waals surface area (Å²) in [6.07, 6.45) is 4.18. The van der Waals surface area contributed by atoms with Crippen molar-refractivity contribution in [2.45, 2.75) is 6.04 Å². The lowest BCUT2D eigenvalue weighted by Gasteiger charge is -2.47. The van der Waals surface area contributed by atoms with Crippen LogP contribution in [0.1, 0.15) is 17.3 Å². The number of para-hydroxylation sites is 1. The van der Waals surface area contributed by atoms with Gasteiger partial charge in [-0.1, -0.05) is 30.9 Å². The molecule has 4 rings (SSSR count). The molecule has 8 nitrogen and oxygen atoms in total. The van der Waals surface area contributed by atoms with Gasteiger partial charge in [0.1, 0.15) is 12.6 Å². The van der Waals surface area contributed by atoms with Crippen molar-refractivity contribution in [3.63, 3.8) is 0 Å². The van der Waals surface area contributed by atoms with Gasteiger partial charge in [0.2, 0.25) is 11.7 Å². The van der Waals surface area contributed by atoms with Crippen molar-refractivity contribution in [2.24, 2.45) is 0 Å². The predicted octanol–water partition coefficient (Wildman–Crippen LogP) is 2.87. The van der Waals surface area contributed by atoms with Gasteiger partial charge in [0.15, 0.2) is 23.0 Å². The molecule has 2 aromatic rings. The summed E-state index contributed by atoms with van der Waals surface area (Å²) in [6.45, 7) is 3.48. The molecule has 0 spiro atoms. The van der Waals surface area contributed by atoms with Crippen molar-refractivity contribution >= 4 is 11.7 Å². The highest BCUT2D eigenvalue weighted by molar-refractivity contribution is 6.08. The Morgan fingerprint density at radius 2 is 2.00 bits per heavy atom. The predicted molar refractivity (Wildman–Crippen MR) is 118 cm³/mol. The first-order valence-corrected chi connectivity index (χ1v) is 10.4. The molecule has 2 aliphatic heterocycles. The lowest BCUT2D eigenvalue weighted by Crippen LogP contribution is -2.58. The number of halogens is 2. The Balaban J connectivity index is 1.99. The van der Waals surface area contributed by atoms with E-state index in [1.54, 1.807) is 29.3 Å². The Kier molecular flexibility index (Phi) is 6.42. The van der Waals surface area contributed by atoms with Gasteiger partial charge in [0.25, 0.3) is 5.91 Å². The number of aliphatic hydroxyl groups is 1. The number of allylic oxidation sites excluding steroid dienone is 1. The molecule has 0 saturated carbocycles. The summed E-state index contributed by atoms with van der Waals surface area (Å²) in [6, 6.07) is 7.61. The molecule has 1 unspecified atom stereocenters. The van der Waals surface area contributed by atoms with E-state index in [2.05, 4.69) is 11.6 Å². The maximum absolute atomic E-state index is 14.9. The Hall–Kier alpha value is -4.05. The number of fused-ring (bicyclic) bond motifs is 3. The summed E-state index contributed by atoms with van der Waals surface area (Å²) < 4.78 is 34.8. The van der Waals surface area contributed by atoms with E-state index in [-0.39, 0.29) is 37.0 Å². The first kappa shape index (κ1) is 23.1. The van der Waals surface area contributed by atoms with Gasteiger partial charge in [0.05, 0.1) is 12.4 Å². The summed E-state index contributed by atoms with van der Waals surface area (Å²) >= 11 is 0. The van der Waals surface area contributed by atoms with Crippen molar-refractivity contribution in [3.8, 4) is 5.75 Å². The van der Waals surface area contributed by atoms with Crippen LogP contribution in [0.25, 0.3) is 0 Å². The molecule has 176 valence electrons. The fourth-order valence-corrected chi connectivity index (χ4v) is 3.96. The quantitative estimate of drug-likeness (QED) is 0.321. The monoisotopic (exact) mass is 468 g/mol. The summed E-state index contributed by atoms with van der Waals surface area (Å²) in [5.41, 5.74) is 0.227. The molecule has 34 heavy (non-hydrogen) atoms. The molecule has 1 saturated heterocycles. The van der Waals surface area contributed by atoms with E-state index in [1.165, 1.54) is 41.2 Å². The molecule has 2 atom stereocenters. The van der Waals surface area contributed by atoms with Crippen LogP contribution in [-0.2, 0) is 9.59 Å². The number of carbonyl (C=O) groups excluding carboxylic acids is 2. The number of ketones is 1. The normalized spacial score (nSPS) is 22.7. The van der Waals surface area contributed by atoms with E-state index in [9.17, 15) is 23.5 Å². The number of hydrazine groups is 1. The standard InChI is InChI=1S/C24H22F2N4O4/c1-3-18(31)22(32)21-24(33)29-12-4-5-13-34-23-15(8-6-9-16(23)25)20(30(14-29)28(21)2)17-10-7-11-19(26)27-17/h3-11,20,32H,1,12-14H2,2H3/b5-4-,22-21+/t20-/m1/s1. The number of aromatic nitrogens is 1. The molecule has 2 bridgehead atoms. The van der Waals surface area contributed by atoms with E-state index < -0.39 is 35.3 Å². The highest BCUT2D eigenvalue weighted by atomic mass is 19.1. The summed E-state index contributed by atoms with van der Waals surface area (Å²) in [4.78, 5) is 30.8. The minimum atomic E-state index is -0.943. The zero-order valence-electron chi connectivity index (χ0n) is 18.3. The lowest BCUT2D eigenvalue weighted by atomic mass is 10.00. The number of pyridine rings is 1. The number of carbonyl (C=O) groups is 2. The molecule has 2 aliphatic rings. The molecule has 1 N–H and O–H groups in total. The lowest BCUT2D eigenvalue weighted by molar-refractivity contribution is -0.151. The zero-order valence-corrected chi connectivity index (χ0v) is 18.3. The molecule has 1 aromatic carbocycles. The molecule has 3 heterocycles. The number of benzene rings is 1. The second-order valence-corrected chi connectivity index (χ2v) is 7.63. The first-order valence-electron chi connectivity index (χ1n) is 10.4. The number of amides is 1. The minimum absolute atomic E-state index is 0.0258. The van der Waals surface area contributed by atoms with E-state index in [4.69, 9.17) is 4.74 Å². The number of ether oxygens (including phenoxy) is 1. The third-order valence-electron chi connectivity index (χ3n) is 5.58. The Labute approximate surface area is 194 Å². The molecule has 1 aromatic heterocycles. The third kappa shape index (κ3) is 4.15. The van der Waals surface area contributed by atoms with Crippen molar-refractivity contribution in [3.05, 3.63) is 95.7 Å². The van der Waals surface area contributed by atoms with Crippen LogP contribution in [0.3, 0.4) is 0 Å². The van der Waals surface area contributed by atoms with Crippen molar-refractivity contribution < 1.29 is 28.2 Å². The number of hydrogen-bond acceptors (Lipinski definition) is 7. The molecule has 10 heteroatoms. The van der Waals surface area contributed by atoms with E-state index in [0.717, 1.165) is 6.08 Å². The second-order valence-electron chi connectivity index (χ2n) is 7.63. The third-order valence-corrected chi connectivity index (χ3v) is 5.58. The van der Waals surface area contributed by atoms with Gasteiger partial charge in [-0.3, -0.25) is 14.6 Å². The molecular formula is C24H22F2N4O4. The minimum Gasteiger partial charge on any atom is -0.503 e. The zero-order chi connectivity index (χ0) is 24.4. The Morgan fingerprint density at radius 1 is 1.24 bits per heavy atom. The van der Waals surface area contributed by atoms with Crippen molar-refractivity contribution in [2.75, 3.05) is 26.9 Å². The van der Waals surface area contributed by atoms with Crippen LogP contribution in [0, 0.1) is 11.8 Å². The number of nitrogens with zero attached hydrogens (tertiary/aromatic N) is 4. The van der Waals surface area contributed by atoms with Crippen LogP contribution in [0.5, 0.6) is 5.75 Å². The number of hydrogen-bond donors (Lipinski definition) is 1. The van der Waals surface area contributed by atoms with Gasteiger partial charge in [-0.25, -0.2) is 9.37 Å². The van der Waals surface area contributed by atoms with Crippen LogP contribution < -0.4 is 4.74 Å². The molecule has 1 amide bonds. The van der Waals surface area contributed by atoms with Gasteiger partial charge in [0, 0.05) is 19.2 Å². The average Bonchev–Trinajstić information content (AvgIpc) is 2.85. The van der Waals surface area contributed by atoms with Gasteiger partial charge in [-0.2, -0.15) is 9.40 Å². The Morgan fingerprint density at radius 3 is 2.74 bits per heavy atom. The molecule has 0 aliphatic carbocycles. The first-order chi connectivity index (χ1) is 16.3. The maximum atomic E-state index is 14.9. The molecule has 0 radical (unpaired) electrons. The summed E-state index contributed by atoms with van der Waals surface area (Å²) in [5, 5.41) is 13.5. The number of likely N-dealkylation sites (N-methyl/N-ethyl adjacent to an activating group) is 1. The topological polar surface area (TPSA) is 86.2 Å². The summed E-state index contributed by atoms with van der Waals surface area (Å²) in [5.74, 6) is -3.66. The molecular weight excluding hydrogens is 446 g/mol. The average molecular weight is 468 g/mol. The Bertz CT molecular complexity index is 1210. The number of aliphatic hydroxyl groups excluding tert-OH is 1. The van der Waals surface area contributed by atoms with E-state index in [1.807, 2.05) is 0 Å². The van der Waals surface area contributed by atoms with Gasteiger partial charge >= 0.3 is 0 Å². The van der Waals surface area contributed by atoms with Crippen LogP contribution in [0.15, 0.2) is 72.7 Å². The second kappa shape index (κ2) is 9.44. The maximum Gasteiger partial charge on any atom is 0.276 e. The smallest absolute Gasteiger partial charge is 0.276 e. The van der Waals surface area contributed by atoms with Gasteiger partial charge < -0.3 is 14.7 Å². The SMILES string of the molecule is C=CC(=O)/C(O)=C1/C(=O)N2C/C=C\COc3c(F)cccc3[C@H](c3cccc(F)n3)N(C2)N1C. The fraction of sp³-hybridized carbons (Fsp3) is 0.208. The van der Waals surface area contributed by atoms with Gasteiger partial charge in [-0.15, -0.1) is 0 Å². The van der Waals surface area contributed by atoms with Crippen LogP contribution in [0.4, 0.5) is 8.78 Å². The van der Waals surface area contributed by atoms with Crippen molar-refractivity contribution in [1.82, 2.24) is 19.9 Å². The highest BCUT2D eigenvalue weighted by Crippen LogP contribution is 2.39. The largest absolute Gasteiger partial charge is 0.503 e. The van der Waals surface area contributed by atoms with E-state index >= 15 is 0 Å². The van der Waals surface area contributed by atoms with Crippen LogP contribution in [0.2, 0.25) is 0 Å². The number of rotatable bonds is 3. The molecule has 1 fully saturated rings.